The van der Waals surface area contributed by atoms with Gasteiger partial charge in [-0.15, -0.1) is 0 Å². The Balaban J connectivity index is 1.74. The fraction of sp³-hybridized carbons (Fsp3) is 0.409. The van der Waals surface area contributed by atoms with E-state index in [1.807, 2.05) is 58.0 Å². The number of hydrogen-bond acceptors (Lipinski definition) is 4. The van der Waals surface area contributed by atoms with Crippen molar-refractivity contribution in [3.8, 4) is 0 Å². The van der Waals surface area contributed by atoms with E-state index in [2.05, 4.69) is 5.32 Å². The Morgan fingerprint density at radius 1 is 1.00 bits per heavy atom. The number of anilines is 1. The lowest BCUT2D eigenvalue weighted by Crippen LogP contribution is -2.48. The summed E-state index contributed by atoms with van der Waals surface area (Å²) in [5.41, 5.74) is 0.750. The maximum Gasteiger partial charge on any atom is 0.243 e. The van der Waals surface area contributed by atoms with Gasteiger partial charge in [-0.1, -0.05) is 30.3 Å². The number of nitrogens with one attached hydrogen (secondary N) is 1. The zero-order chi connectivity index (χ0) is 21.2. The number of rotatable bonds is 5. The van der Waals surface area contributed by atoms with Gasteiger partial charge in [0.1, 0.15) is 0 Å². The number of carbonyl (C=O) groups is 1. The Morgan fingerprint density at radius 3 is 2.10 bits per heavy atom. The molecular formula is C22H28N2O4S. The normalized spacial score (nSPS) is 21.0. The van der Waals surface area contributed by atoms with E-state index in [0.29, 0.717) is 18.8 Å². The van der Waals surface area contributed by atoms with Crippen molar-refractivity contribution in [2.75, 3.05) is 18.4 Å². The van der Waals surface area contributed by atoms with Crippen molar-refractivity contribution in [3.05, 3.63) is 60.2 Å². The number of sulfonamides is 1. The van der Waals surface area contributed by atoms with Gasteiger partial charge in [0.15, 0.2) is 0 Å². The summed E-state index contributed by atoms with van der Waals surface area (Å²) in [4.78, 5) is 13.0. The first kappa shape index (κ1) is 21.5. The van der Waals surface area contributed by atoms with Gasteiger partial charge in [-0.2, -0.15) is 4.31 Å². The highest BCUT2D eigenvalue weighted by atomic mass is 32.2. The van der Waals surface area contributed by atoms with Crippen LogP contribution in [0.15, 0.2) is 59.5 Å². The summed E-state index contributed by atoms with van der Waals surface area (Å²) in [7, 11) is -3.60. The van der Waals surface area contributed by atoms with Gasteiger partial charge in [0.25, 0.3) is 0 Å². The Hall–Kier alpha value is -2.22. The standard InChI is InChI=1S/C22H28N2O4S/c1-16-14-24(15-17(2)28-16)29(26,27)20-12-10-19(11-13-20)23-21(25)22(3,4)18-8-6-5-7-9-18/h5-13,16-17H,14-15H2,1-4H3,(H,23,25). The van der Waals surface area contributed by atoms with Gasteiger partial charge in [0, 0.05) is 18.8 Å². The Bertz CT molecular complexity index is 946. The van der Waals surface area contributed by atoms with Gasteiger partial charge >= 0.3 is 0 Å². The molecule has 1 aliphatic rings. The molecular weight excluding hydrogens is 388 g/mol. The third kappa shape index (κ3) is 4.69. The topological polar surface area (TPSA) is 75.7 Å². The van der Waals surface area contributed by atoms with Crippen LogP contribution in [0, 0.1) is 0 Å². The Labute approximate surface area is 172 Å². The highest BCUT2D eigenvalue weighted by molar-refractivity contribution is 7.89. The van der Waals surface area contributed by atoms with E-state index < -0.39 is 15.4 Å². The van der Waals surface area contributed by atoms with Crippen LogP contribution in [-0.4, -0.2) is 43.9 Å². The second kappa shape index (κ2) is 8.26. The van der Waals surface area contributed by atoms with Crippen molar-refractivity contribution >= 4 is 21.6 Å². The second-order valence-electron chi connectivity index (χ2n) is 8.05. The lowest BCUT2D eigenvalue weighted by molar-refractivity contribution is -0.120. The summed E-state index contributed by atoms with van der Waals surface area (Å²) in [6.07, 6.45) is -0.292. The molecule has 0 radical (unpaired) electrons. The minimum absolute atomic E-state index is 0.146. The molecule has 0 aromatic heterocycles. The van der Waals surface area contributed by atoms with E-state index in [1.165, 1.54) is 16.4 Å². The molecule has 6 nitrogen and oxygen atoms in total. The lowest BCUT2D eigenvalue weighted by Gasteiger charge is -2.34. The van der Waals surface area contributed by atoms with E-state index in [-0.39, 0.29) is 23.0 Å². The summed E-state index contributed by atoms with van der Waals surface area (Å²) >= 11 is 0. The molecule has 1 aliphatic heterocycles. The van der Waals surface area contributed by atoms with Crippen molar-refractivity contribution in [1.29, 1.82) is 0 Å². The van der Waals surface area contributed by atoms with Crippen LogP contribution >= 0.6 is 0 Å². The number of benzene rings is 2. The van der Waals surface area contributed by atoms with Crippen LogP contribution < -0.4 is 5.32 Å². The lowest BCUT2D eigenvalue weighted by atomic mass is 9.83. The smallest absolute Gasteiger partial charge is 0.243 e. The quantitative estimate of drug-likeness (QED) is 0.811. The predicted molar refractivity (Wildman–Crippen MR) is 113 cm³/mol. The maximum atomic E-state index is 12.9. The first-order valence-electron chi connectivity index (χ1n) is 9.73. The van der Waals surface area contributed by atoms with Gasteiger partial charge in [-0.05, 0) is 57.5 Å². The molecule has 2 atom stereocenters. The van der Waals surface area contributed by atoms with E-state index in [9.17, 15) is 13.2 Å². The summed E-state index contributed by atoms with van der Waals surface area (Å²) in [6, 6.07) is 15.9. The molecule has 0 spiro atoms. The van der Waals surface area contributed by atoms with Crippen LogP contribution in [-0.2, 0) is 25.0 Å². The van der Waals surface area contributed by atoms with E-state index in [4.69, 9.17) is 4.74 Å². The Kier molecular flexibility index (Phi) is 6.12. The van der Waals surface area contributed by atoms with Crippen LogP contribution in [0.5, 0.6) is 0 Å². The number of morpholine rings is 1. The molecule has 7 heteroatoms. The van der Waals surface area contributed by atoms with Gasteiger partial charge in [-0.25, -0.2) is 8.42 Å². The molecule has 0 bridgehead atoms. The molecule has 156 valence electrons. The Morgan fingerprint density at radius 2 is 1.55 bits per heavy atom. The highest BCUT2D eigenvalue weighted by Gasteiger charge is 2.32. The van der Waals surface area contributed by atoms with Crippen LogP contribution in [0.2, 0.25) is 0 Å². The SMILES string of the molecule is CC1CN(S(=O)(=O)c2ccc(NC(=O)C(C)(C)c3ccccc3)cc2)CC(C)O1. The summed E-state index contributed by atoms with van der Waals surface area (Å²) < 4.78 is 33.0. The van der Waals surface area contributed by atoms with E-state index >= 15 is 0 Å². The minimum Gasteiger partial charge on any atom is -0.373 e. The molecule has 1 fully saturated rings. The molecule has 0 saturated carbocycles. The number of amides is 1. The van der Waals surface area contributed by atoms with Crippen molar-refractivity contribution < 1.29 is 17.9 Å². The van der Waals surface area contributed by atoms with Gasteiger partial charge in [-0.3, -0.25) is 4.79 Å². The van der Waals surface area contributed by atoms with Gasteiger partial charge < -0.3 is 10.1 Å². The first-order valence-corrected chi connectivity index (χ1v) is 11.2. The van der Waals surface area contributed by atoms with Crippen LogP contribution in [0.4, 0.5) is 5.69 Å². The highest BCUT2D eigenvalue weighted by Crippen LogP contribution is 2.26. The van der Waals surface area contributed by atoms with Crippen LogP contribution in [0.25, 0.3) is 0 Å². The molecule has 1 amide bonds. The minimum atomic E-state index is -3.60. The summed E-state index contributed by atoms with van der Waals surface area (Å²) in [5, 5.41) is 2.89. The average Bonchev–Trinajstić information content (AvgIpc) is 2.68. The second-order valence-corrected chi connectivity index (χ2v) is 9.99. The molecule has 2 aromatic rings. The van der Waals surface area contributed by atoms with Crippen LogP contribution in [0.1, 0.15) is 33.3 Å². The largest absolute Gasteiger partial charge is 0.373 e. The zero-order valence-corrected chi connectivity index (χ0v) is 18.1. The van der Waals surface area contributed by atoms with Gasteiger partial charge in [0.05, 0.1) is 22.5 Å². The number of hydrogen-bond donors (Lipinski definition) is 1. The third-order valence-electron chi connectivity index (χ3n) is 5.20. The molecule has 1 heterocycles. The number of carbonyl (C=O) groups excluding carboxylic acids is 1. The zero-order valence-electron chi connectivity index (χ0n) is 17.3. The molecule has 2 unspecified atom stereocenters. The molecule has 3 rings (SSSR count). The number of ether oxygens (including phenoxy) is 1. The van der Waals surface area contributed by atoms with Crippen molar-refractivity contribution in [1.82, 2.24) is 4.31 Å². The monoisotopic (exact) mass is 416 g/mol. The fourth-order valence-corrected chi connectivity index (χ4v) is 5.05. The molecule has 2 aromatic carbocycles. The maximum absolute atomic E-state index is 12.9. The molecule has 0 aliphatic carbocycles. The van der Waals surface area contributed by atoms with Crippen LogP contribution in [0.3, 0.4) is 0 Å². The van der Waals surface area contributed by atoms with Crippen molar-refractivity contribution in [3.63, 3.8) is 0 Å². The predicted octanol–water partition coefficient (Wildman–Crippen LogP) is 3.40. The fourth-order valence-electron chi connectivity index (χ4n) is 3.46. The molecule has 29 heavy (non-hydrogen) atoms. The van der Waals surface area contributed by atoms with E-state index in [0.717, 1.165) is 5.56 Å². The number of nitrogens with zero attached hydrogens (tertiary/aromatic N) is 1. The first-order chi connectivity index (χ1) is 13.6. The summed E-state index contributed by atoms with van der Waals surface area (Å²) in [5.74, 6) is -0.157. The summed E-state index contributed by atoms with van der Waals surface area (Å²) in [6.45, 7) is 8.11. The molecule has 1 N–H and O–H groups in total. The third-order valence-corrected chi connectivity index (χ3v) is 7.05. The molecule has 1 saturated heterocycles. The van der Waals surface area contributed by atoms with E-state index in [1.54, 1.807) is 12.1 Å². The van der Waals surface area contributed by atoms with Gasteiger partial charge in [0.2, 0.25) is 15.9 Å². The van der Waals surface area contributed by atoms with Crippen molar-refractivity contribution in [2.24, 2.45) is 0 Å². The van der Waals surface area contributed by atoms with Crippen molar-refractivity contribution in [2.45, 2.75) is 50.2 Å². The average molecular weight is 417 g/mol.